The Balaban J connectivity index is 1.74. The van der Waals surface area contributed by atoms with Crippen LogP contribution in [0.1, 0.15) is 5.56 Å². The molecule has 0 aliphatic carbocycles. The van der Waals surface area contributed by atoms with Gasteiger partial charge >= 0.3 is 0 Å². The molecule has 0 radical (unpaired) electrons. The number of methoxy groups -OCH3 is 1. The van der Waals surface area contributed by atoms with Gasteiger partial charge in [0.15, 0.2) is 5.16 Å². The lowest BCUT2D eigenvalue weighted by molar-refractivity contribution is -0.113. The summed E-state index contributed by atoms with van der Waals surface area (Å²) < 4.78 is 19.7. The number of hydrogen-bond donors (Lipinski definition) is 1. The second-order valence-electron chi connectivity index (χ2n) is 6.09. The topological polar surface area (TPSA) is 73.2 Å². The minimum Gasteiger partial charge on any atom is -0.495 e. The molecule has 0 saturated heterocycles. The smallest absolute Gasteiger partial charge is 0.237 e. The second kappa shape index (κ2) is 8.18. The van der Waals surface area contributed by atoms with Crippen LogP contribution in [0.25, 0.3) is 11.3 Å². The van der Waals surface area contributed by atoms with Crippen LogP contribution in [0.5, 0.6) is 5.75 Å². The Bertz CT molecular complexity index is 983. The molecule has 1 atom stereocenters. The third-order valence-corrected chi connectivity index (χ3v) is 5.42. The molecule has 3 rings (SSSR count). The van der Waals surface area contributed by atoms with Crippen LogP contribution in [0.3, 0.4) is 0 Å². The third kappa shape index (κ3) is 4.25. The number of benzene rings is 2. The van der Waals surface area contributed by atoms with Gasteiger partial charge in [0.25, 0.3) is 0 Å². The molecule has 0 saturated carbocycles. The molecule has 0 bridgehead atoms. The van der Waals surface area contributed by atoms with Crippen molar-refractivity contribution in [1.82, 2.24) is 9.55 Å². The fourth-order valence-corrected chi connectivity index (χ4v) is 3.78. The van der Waals surface area contributed by atoms with Gasteiger partial charge in [-0.25, -0.2) is 4.98 Å². The summed E-state index contributed by atoms with van der Waals surface area (Å²) in [4.78, 5) is 16.6. The standard InChI is InChI=1S/C20H21N3O3S/c1-14-9-10-18(26-3)16(11-14)22-19(24)13-27(25)20-21-12-17(23(20)2)15-7-5-4-6-8-15/h4-12H,13H2,1-3H3,(H,22,24)/t27-/m0/s1. The van der Waals surface area contributed by atoms with Gasteiger partial charge in [-0.15, -0.1) is 0 Å². The highest BCUT2D eigenvalue weighted by atomic mass is 32.2. The van der Waals surface area contributed by atoms with Gasteiger partial charge in [-0.05, 0) is 30.2 Å². The van der Waals surface area contributed by atoms with E-state index in [9.17, 15) is 9.00 Å². The Morgan fingerprint density at radius 1 is 1.22 bits per heavy atom. The first kappa shape index (κ1) is 18.8. The van der Waals surface area contributed by atoms with Crippen molar-refractivity contribution < 1.29 is 13.7 Å². The molecule has 0 fully saturated rings. The highest BCUT2D eigenvalue weighted by Gasteiger charge is 2.18. The van der Waals surface area contributed by atoms with Crippen LogP contribution in [0, 0.1) is 6.92 Å². The molecule has 1 aromatic heterocycles. The number of ether oxygens (including phenoxy) is 1. The molecule has 140 valence electrons. The second-order valence-corrected chi connectivity index (χ2v) is 7.44. The van der Waals surface area contributed by atoms with E-state index in [2.05, 4.69) is 10.3 Å². The lowest BCUT2D eigenvalue weighted by Crippen LogP contribution is -2.21. The Morgan fingerprint density at radius 2 is 1.96 bits per heavy atom. The summed E-state index contributed by atoms with van der Waals surface area (Å²) in [5, 5.41) is 3.13. The molecule has 3 aromatic rings. The van der Waals surface area contributed by atoms with E-state index in [1.807, 2.05) is 49.4 Å². The van der Waals surface area contributed by atoms with Crippen molar-refractivity contribution in [3.63, 3.8) is 0 Å². The van der Waals surface area contributed by atoms with Gasteiger partial charge in [-0.2, -0.15) is 0 Å². The Kier molecular flexibility index (Phi) is 5.71. The normalized spacial score (nSPS) is 11.8. The van der Waals surface area contributed by atoms with Gasteiger partial charge in [0.1, 0.15) is 11.5 Å². The van der Waals surface area contributed by atoms with Gasteiger partial charge < -0.3 is 14.6 Å². The number of anilines is 1. The number of nitrogens with zero attached hydrogens (tertiary/aromatic N) is 2. The molecule has 1 heterocycles. The van der Waals surface area contributed by atoms with Crippen LogP contribution in [0.15, 0.2) is 59.9 Å². The van der Waals surface area contributed by atoms with Gasteiger partial charge in [-0.3, -0.25) is 9.00 Å². The first-order valence-corrected chi connectivity index (χ1v) is 9.71. The predicted molar refractivity (Wildman–Crippen MR) is 106 cm³/mol. The summed E-state index contributed by atoms with van der Waals surface area (Å²) in [7, 11) is 1.77. The monoisotopic (exact) mass is 383 g/mol. The number of amides is 1. The lowest BCUT2D eigenvalue weighted by atomic mass is 10.2. The zero-order valence-electron chi connectivity index (χ0n) is 15.4. The average molecular weight is 383 g/mol. The number of hydrogen-bond acceptors (Lipinski definition) is 4. The minimum absolute atomic E-state index is 0.184. The summed E-state index contributed by atoms with van der Waals surface area (Å²) in [6.07, 6.45) is 1.67. The Hall–Kier alpha value is -2.93. The minimum atomic E-state index is -1.57. The fraction of sp³-hybridized carbons (Fsp3) is 0.200. The fourth-order valence-electron chi connectivity index (χ4n) is 2.77. The van der Waals surface area contributed by atoms with Crippen molar-refractivity contribution >= 4 is 22.4 Å². The molecule has 2 aromatic carbocycles. The number of carbonyl (C=O) groups is 1. The lowest BCUT2D eigenvalue weighted by Gasteiger charge is -2.11. The third-order valence-electron chi connectivity index (χ3n) is 4.11. The Morgan fingerprint density at radius 3 is 2.67 bits per heavy atom. The van der Waals surface area contributed by atoms with E-state index >= 15 is 0 Å². The highest BCUT2D eigenvalue weighted by molar-refractivity contribution is 7.85. The summed E-state index contributed by atoms with van der Waals surface area (Å²) in [6, 6.07) is 15.2. The summed E-state index contributed by atoms with van der Waals surface area (Å²) in [5.41, 5.74) is 3.37. The zero-order chi connectivity index (χ0) is 19.4. The van der Waals surface area contributed by atoms with E-state index in [-0.39, 0.29) is 11.7 Å². The van der Waals surface area contributed by atoms with Gasteiger partial charge in [0.2, 0.25) is 5.91 Å². The van der Waals surface area contributed by atoms with Crippen molar-refractivity contribution in [2.24, 2.45) is 7.05 Å². The summed E-state index contributed by atoms with van der Waals surface area (Å²) >= 11 is 0. The van der Waals surface area contributed by atoms with E-state index in [1.165, 1.54) is 7.11 Å². The van der Waals surface area contributed by atoms with Crippen molar-refractivity contribution in [3.05, 3.63) is 60.3 Å². The van der Waals surface area contributed by atoms with E-state index < -0.39 is 10.8 Å². The van der Waals surface area contributed by atoms with Crippen molar-refractivity contribution in [2.75, 3.05) is 18.2 Å². The first-order chi connectivity index (χ1) is 13.0. The molecule has 6 nitrogen and oxygen atoms in total. The average Bonchev–Trinajstić information content (AvgIpc) is 3.04. The molecule has 0 aliphatic rings. The number of aromatic nitrogens is 2. The molecule has 0 aliphatic heterocycles. The maximum Gasteiger partial charge on any atom is 0.237 e. The number of rotatable bonds is 6. The quantitative estimate of drug-likeness (QED) is 0.710. The van der Waals surface area contributed by atoms with Crippen molar-refractivity contribution in [3.8, 4) is 17.0 Å². The molecular formula is C20H21N3O3S. The van der Waals surface area contributed by atoms with Crippen molar-refractivity contribution in [2.45, 2.75) is 12.1 Å². The van der Waals surface area contributed by atoms with Crippen LogP contribution in [0.4, 0.5) is 5.69 Å². The van der Waals surface area contributed by atoms with Gasteiger partial charge in [0.05, 0.1) is 35.5 Å². The summed E-state index contributed by atoms with van der Waals surface area (Å²) in [6.45, 7) is 1.92. The van der Waals surface area contributed by atoms with Gasteiger partial charge in [-0.1, -0.05) is 36.4 Å². The largest absolute Gasteiger partial charge is 0.495 e. The van der Waals surface area contributed by atoms with E-state index in [0.717, 1.165) is 16.8 Å². The summed E-state index contributed by atoms with van der Waals surface area (Å²) in [5.74, 6) is 0.0143. The van der Waals surface area contributed by atoms with Crippen LogP contribution < -0.4 is 10.1 Å². The maximum atomic E-state index is 12.7. The zero-order valence-corrected chi connectivity index (χ0v) is 16.2. The molecule has 1 amide bonds. The van der Waals surface area contributed by atoms with Crippen LogP contribution in [0.2, 0.25) is 0 Å². The molecular weight excluding hydrogens is 362 g/mol. The van der Waals surface area contributed by atoms with Crippen LogP contribution in [-0.4, -0.2) is 32.5 Å². The van der Waals surface area contributed by atoms with Gasteiger partial charge in [0, 0.05) is 7.05 Å². The number of carbonyl (C=O) groups excluding carboxylic acids is 1. The van der Waals surface area contributed by atoms with Crippen LogP contribution in [-0.2, 0) is 22.6 Å². The SMILES string of the molecule is COc1ccc(C)cc1NC(=O)C[S@](=O)c1ncc(-c2ccccc2)n1C. The predicted octanol–water partition coefficient (Wildman–Crippen LogP) is 3.15. The Labute approximate surface area is 160 Å². The number of imidazole rings is 1. The molecule has 7 heteroatoms. The highest BCUT2D eigenvalue weighted by Crippen LogP contribution is 2.25. The van der Waals surface area contributed by atoms with E-state index in [0.29, 0.717) is 16.6 Å². The molecule has 27 heavy (non-hydrogen) atoms. The van der Waals surface area contributed by atoms with Crippen LogP contribution >= 0.6 is 0 Å². The molecule has 0 unspecified atom stereocenters. The van der Waals surface area contributed by atoms with E-state index in [4.69, 9.17) is 4.74 Å². The van der Waals surface area contributed by atoms with E-state index in [1.54, 1.807) is 23.9 Å². The number of nitrogens with one attached hydrogen (secondary N) is 1. The molecule has 1 N–H and O–H groups in total. The maximum absolute atomic E-state index is 12.7. The number of aryl methyl sites for hydroxylation is 1. The van der Waals surface area contributed by atoms with Crippen molar-refractivity contribution in [1.29, 1.82) is 0 Å². The molecule has 0 spiro atoms. The first-order valence-electron chi connectivity index (χ1n) is 8.39.